The second-order valence-electron chi connectivity index (χ2n) is 11.2. The third kappa shape index (κ3) is 10.6. The maximum atomic E-state index is 5.79. The number of hydrogen-bond donors (Lipinski definition) is 2. The highest BCUT2D eigenvalue weighted by Gasteiger charge is 2.01. The van der Waals surface area contributed by atoms with Crippen LogP contribution in [0.25, 0.3) is 0 Å². The topological polar surface area (TPSA) is 52.0 Å². The molecule has 0 saturated carbocycles. The van der Waals surface area contributed by atoms with Crippen LogP contribution in [0.4, 0.5) is 11.4 Å². The van der Waals surface area contributed by atoms with E-state index in [0.717, 1.165) is 24.2 Å². The van der Waals surface area contributed by atoms with Crippen LogP contribution < -0.4 is 11.5 Å². The summed E-state index contributed by atoms with van der Waals surface area (Å²) in [6.07, 6.45) is 16.5. The molecule has 4 aromatic carbocycles. The van der Waals surface area contributed by atoms with E-state index in [-0.39, 0.29) is 0 Å². The third-order valence-corrected chi connectivity index (χ3v) is 7.75. The normalized spacial score (nSPS) is 11.1. The van der Waals surface area contributed by atoms with Gasteiger partial charge in [0.15, 0.2) is 0 Å². The summed E-state index contributed by atoms with van der Waals surface area (Å²) in [6.45, 7) is 0. The van der Waals surface area contributed by atoms with Gasteiger partial charge in [0.05, 0.1) is 0 Å². The van der Waals surface area contributed by atoms with Crippen LogP contribution in [0.2, 0.25) is 0 Å². The summed E-state index contributed by atoms with van der Waals surface area (Å²) in [7, 11) is 0. The van der Waals surface area contributed by atoms with E-state index in [1.54, 1.807) is 0 Å². The lowest BCUT2D eigenvalue weighted by Crippen LogP contribution is -1.92. The Balaban J connectivity index is 0.980. The number of nitrogens with two attached hydrogens (primary N) is 2. The summed E-state index contributed by atoms with van der Waals surface area (Å²) in [5.41, 5.74) is 21.5. The first-order valence-corrected chi connectivity index (χ1v) is 15.0. The highest BCUT2D eigenvalue weighted by atomic mass is 14.5. The number of unbranched alkanes of at least 4 members (excludes halogenated alkanes) is 8. The van der Waals surface area contributed by atoms with Crippen molar-refractivity contribution >= 4 is 11.4 Å². The van der Waals surface area contributed by atoms with Gasteiger partial charge in [-0.3, -0.25) is 0 Å². The molecule has 4 N–H and O–H groups in total. The fourth-order valence-electron chi connectivity index (χ4n) is 5.29. The van der Waals surface area contributed by atoms with Gasteiger partial charge < -0.3 is 11.5 Å². The van der Waals surface area contributed by atoms with Crippen molar-refractivity contribution in [2.75, 3.05) is 11.5 Å². The van der Waals surface area contributed by atoms with Gasteiger partial charge in [0.1, 0.15) is 0 Å². The lowest BCUT2D eigenvalue weighted by Gasteiger charge is -2.06. The van der Waals surface area contributed by atoms with Gasteiger partial charge in [0.25, 0.3) is 0 Å². The summed E-state index contributed by atoms with van der Waals surface area (Å²) in [5.74, 6) is 0. The van der Waals surface area contributed by atoms with Gasteiger partial charge in [0, 0.05) is 11.4 Å². The van der Waals surface area contributed by atoms with E-state index >= 15 is 0 Å². The third-order valence-electron chi connectivity index (χ3n) is 7.75. The standard InChI is InChI=1S/C37H46N2/c38-36-24-20-34(21-25-36)28-32-16-12-30(13-17-32)10-8-6-4-2-1-3-5-7-9-11-31-14-18-33(19-15-31)29-35-22-26-37(39)27-23-35/h12-27H,1-11,28-29,38-39H2. The Morgan fingerprint density at radius 1 is 0.282 bits per heavy atom. The van der Waals surface area contributed by atoms with Crippen LogP contribution in [0, 0.1) is 0 Å². The van der Waals surface area contributed by atoms with Gasteiger partial charge in [-0.1, -0.05) is 118 Å². The molecule has 0 aliphatic rings. The molecule has 0 aromatic heterocycles. The van der Waals surface area contributed by atoms with Gasteiger partial charge in [-0.25, -0.2) is 0 Å². The number of aryl methyl sites for hydroxylation is 2. The van der Waals surface area contributed by atoms with E-state index < -0.39 is 0 Å². The molecule has 204 valence electrons. The second-order valence-corrected chi connectivity index (χ2v) is 11.2. The molecule has 39 heavy (non-hydrogen) atoms. The molecule has 0 heterocycles. The average Bonchev–Trinajstić information content (AvgIpc) is 2.96. The Kier molecular flexibility index (Phi) is 11.5. The Morgan fingerprint density at radius 3 is 0.821 bits per heavy atom. The minimum Gasteiger partial charge on any atom is -0.399 e. The zero-order chi connectivity index (χ0) is 27.1. The van der Waals surface area contributed by atoms with E-state index in [4.69, 9.17) is 11.5 Å². The van der Waals surface area contributed by atoms with Crippen LogP contribution in [0.15, 0.2) is 97.1 Å². The van der Waals surface area contributed by atoms with Crippen LogP contribution in [0.3, 0.4) is 0 Å². The first kappa shape index (κ1) is 28.5. The van der Waals surface area contributed by atoms with Crippen LogP contribution in [-0.2, 0) is 25.7 Å². The minimum absolute atomic E-state index is 0.828. The highest BCUT2D eigenvalue weighted by Crippen LogP contribution is 2.17. The highest BCUT2D eigenvalue weighted by molar-refractivity contribution is 5.41. The Bertz CT molecular complexity index is 1110. The summed E-state index contributed by atoms with van der Waals surface area (Å²) in [5, 5.41) is 0. The van der Waals surface area contributed by atoms with E-state index in [9.17, 15) is 0 Å². The smallest absolute Gasteiger partial charge is 0.0314 e. The molecule has 0 saturated heterocycles. The second kappa shape index (κ2) is 15.8. The van der Waals surface area contributed by atoms with Gasteiger partial charge in [-0.05, 0) is 96.2 Å². The average molecular weight is 519 g/mol. The largest absolute Gasteiger partial charge is 0.399 e. The fourth-order valence-corrected chi connectivity index (χ4v) is 5.29. The van der Waals surface area contributed by atoms with Crippen molar-refractivity contribution in [3.8, 4) is 0 Å². The lowest BCUT2D eigenvalue weighted by molar-refractivity contribution is 0.558. The Morgan fingerprint density at radius 2 is 0.513 bits per heavy atom. The van der Waals surface area contributed by atoms with Gasteiger partial charge in [0.2, 0.25) is 0 Å². The molecule has 0 bridgehead atoms. The summed E-state index contributed by atoms with van der Waals surface area (Å²) in [4.78, 5) is 0. The van der Waals surface area contributed by atoms with E-state index in [2.05, 4.69) is 72.8 Å². The molecular weight excluding hydrogens is 472 g/mol. The van der Waals surface area contributed by atoms with Crippen molar-refractivity contribution in [1.29, 1.82) is 0 Å². The predicted octanol–water partition coefficient (Wildman–Crippen LogP) is 9.33. The van der Waals surface area contributed by atoms with Crippen LogP contribution >= 0.6 is 0 Å². The maximum Gasteiger partial charge on any atom is 0.0314 e. The van der Waals surface area contributed by atoms with Crippen LogP contribution in [-0.4, -0.2) is 0 Å². The van der Waals surface area contributed by atoms with Crippen molar-refractivity contribution in [3.05, 3.63) is 130 Å². The van der Waals surface area contributed by atoms with Crippen molar-refractivity contribution < 1.29 is 0 Å². The molecule has 0 atom stereocenters. The zero-order valence-electron chi connectivity index (χ0n) is 23.6. The summed E-state index contributed by atoms with van der Waals surface area (Å²) in [6, 6.07) is 34.8. The fraction of sp³-hybridized carbons (Fsp3) is 0.351. The maximum absolute atomic E-state index is 5.79. The van der Waals surface area contributed by atoms with E-state index in [1.165, 1.54) is 104 Å². The molecule has 0 spiro atoms. The molecule has 0 radical (unpaired) electrons. The molecule has 4 aromatic rings. The quantitative estimate of drug-likeness (QED) is 0.115. The van der Waals surface area contributed by atoms with Crippen molar-refractivity contribution in [2.24, 2.45) is 0 Å². The molecule has 0 fully saturated rings. The van der Waals surface area contributed by atoms with Crippen LogP contribution in [0.1, 0.15) is 91.2 Å². The molecule has 0 unspecified atom stereocenters. The molecule has 2 heteroatoms. The zero-order valence-corrected chi connectivity index (χ0v) is 23.6. The minimum atomic E-state index is 0.828. The van der Waals surface area contributed by atoms with E-state index in [0.29, 0.717) is 0 Å². The number of hydrogen-bond acceptors (Lipinski definition) is 2. The first-order chi connectivity index (χ1) is 19.1. The van der Waals surface area contributed by atoms with Crippen molar-refractivity contribution in [2.45, 2.75) is 83.5 Å². The van der Waals surface area contributed by atoms with E-state index in [1.807, 2.05) is 24.3 Å². The van der Waals surface area contributed by atoms with Gasteiger partial charge in [-0.15, -0.1) is 0 Å². The number of anilines is 2. The first-order valence-electron chi connectivity index (χ1n) is 15.0. The monoisotopic (exact) mass is 518 g/mol. The van der Waals surface area contributed by atoms with Crippen LogP contribution in [0.5, 0.6) is 0 Å². The number of benzene rings is 4. The molecule has 0 amide bonds. The molecule has 4 rings (SSSR count). The molecule has 0 aliphatic heterocycles. The number of nitrogen functional groups attached to an aromatic ring is 2. The van der Waals surface area contributed by atoms with Gasteiger partial charge >= 0.3 is 0 Å². The Hall–Kier alpha value is -3.52. The Labute approximate surface area is 236 Å². The lowest BCUT2D eigenvalue weighted by atomic mass is 10.00. The summed E-state index contributed by atoms with van der Waals surface area (Å²) < 4.78 is 0. The number of rotatable bonds is 16. The van der Waals surface area contributed by atoms with Gasteiger partial charge in [-0.2, -0.15) is 0 Å². The summed E-state index contributed by atoms with van der Waals surface area (Å²) >= 11 is 0. The molecular formula is C37H46N2. The predicted molar refractivity (Wildman–Crippen MR) is 169 cm³/mol. The molecule has 2 nitrogen and oxygen atoms in total. The molecule has 0 aliphatic carbocycles. The van der Waals surface area contributed by atoms with Crippen molar-refractivity contribution in [1.82, 2.24) is 0 Å². The van der Waals surface area contributed by atoms with Crippen molar-refractivity contribution in [3.63, 3.8) is 0 Å². The SMILES string of the molecule is Nc1ccc(Cc2ccc(CCCCCCCCCCCc3ccc(Cc4ccc(N)cc4)cc3)cc2)cc1.